The highest BCUT2D eigenvalue weighted by atomic mass is 31.2. The van der Waals surface area contributed by atoms with Gasteiger partial charge in [0.1, 0.15) is 11.5 Å². The number of hydrogen-bond donors (Lipinski definition) is 0. The van der Waals surface area contributed by atoms with E-state index in [1.54, 1.807) is 6.08 Å². The normalized spacial score (nSPS) is 20.8. The van der Waals surface area contributed by atoms with Gasteiger partial charge in [0, 0.05) is 6.08 Å². The van der Waals surface area contributed by atoms with E-state index >= 15 is 0 Å². The maximum Gasteiger partial charge on any atom is 0.325 e. The van der Waals surface area contributed by atoms with Crippen molar-refractivity contribution in [3.63, 3.8) is 0 Å². The molecule has 1 aromatic rings. The van der Waals surface area contributed by atoms with Crippen molar-refractivity contribution in [1.29, 1.82) is 0 Å². The second kappa shape index (κ2) is 3.85. The third kappa shape index (κ3) is 1.97. The molecule has 3 heteroatoms. The van der Waals surface area contributed by atoms with Crippen LogP contribution in [0.25, 0.3) is 0 Å². The lowest BCUT2D eigenvalue weighted by Crippen LogP contribution is -2.07. The first kappa shape index (κ1) is 9.29. The van der Waals surface area contributed by atoms with Gasteiger partial charge in [0.2, 0.25) is 0 Å². The van der Waals surface area contributed by atoms with E-state index in [2.05, 4.69) is 6.58 Å². The summed E-state index contributed by atoms with van der Waals surface area (Å²) in [6, 6.07) is 9.91. The number of hydrogen-bond acceptors (Lipinski definition) is 2. The van der Waals surface area contributed by atoms with Gasteiger partial charge in [-0.3, -0.25) is 0 Å². The Labute approximate surface area is 84.8 Å². The highest BCUT2D eigenvalue weighted by Gasteiger charge is 2.21. The lowest BCUT2D eigenvalue weighted by Gasteiger charge is -2.23. The van der Waals surface area contributed by atoms with Crippen molar-refractivity contribution in [3.8, 4) is 0 Å². The molecule has 0 aliphatic carbocycles. The number of benzene rings is 1. The molecular formula is C11H11O2P. The summed E-state index contributed by atoms with van der Waals surface area (Å²) in [4.78, 5) is 0. The fourth-order valence-electron chi connectivity index (χ4n) is 1.19. The molecule has 72 valence electrons. The summed E-state index contributed by atoms with van der Waals surface area (Å²) >= 11 is 0. The smallest absolute Gasteiger partial charge is 0.325 e. The Morgan fingerprint density at radius 1 is 1.14 bits per heavy atom. The van der Waals surface area contributed by atoms with Gasteiger partial charge in [-0.05, 0) is 19.1 Å². The third-order valence-corrected chi connectivity index (χ3v) is 3.33. The zero-order valence-corrected chi connectivity index (χ0v) is 8.83. The van der Waals surface area contributed by atoms with Gasteiger partial charge >= 0.3 is 8.38 Å². The summed E-state index contributed by atoms with van der Waals surface area (Å²) < 4.78 is 11.1. The topological polar surface area (TPSA) is 18.5 Å². The summed E-state index contributed by atoms with van der Waals surface area (Å²) in [5.74, 6) is 1.53. The van der Waals surface area contributed by atoms with Crippen molar-refractivity contribution < 1.29 is 9.05 Å². The minimum absolute atomic E-state index is 0.670. The molecule has 1 aromatic carbocycles. The Kier molecular flexibility index (Phi) is 2.55. The van der Waals surface area contributed by atoms with Crippen LogP contribution in [0.15, 0.2) is 54.5 Å². The van der Waals surface area contributed by atoms with E-state index in [-0.39, 0.29) is 0 Å². The summed E-state index contributed by atoms with van der Waals surface area (Å²) in [5, 5.41) is 1.07. The SMILES string of the molecule is C=C1C=C(C)OP(c2ccccc2)O1. The first-order valence-electron chi connectivity index (χ1n) is 4.34. The van der Waals surface area contributed by atoms with Crippen molar-refractivity contribution in [1.82, 2.24) is 0 Å². The van der Waals surface area contributed by atoms with Crippen molar-refractivity contribution in [2.75, 3.05) is 0 Å². The molecule has 0 aromatic heterocycles. The van der Waals surface area contributed by atoms with Crippen molar-refractivity contribution in [2.45, 2.75) is 6.92 Å². The number of allylic oxidation sites excluding steroid dienone is 2. The minimum Gasteiger partial charge on any atom is -0.440 e. The number of rotatable bonds is 1. The van der Waals surface area contributed by atoms with E-state index in [0.29, 0.717) is 5.76 Å². The molecule has 0 N–H and O–H groups in total. The van der Waals surface area contributed by atoms with Gasteiger partial charge in [0.05, 0.1) is 5.30 Å². The van der Waals surface area contributed by atoms with Gasteiger partial charge in [-0.1, -0.05) is 24.8 Å². The monoisotopic (exact) mass is 206 g/mol. The van der Waals surface area contributed by atoms with Crippen molar-refractivity contribution in [3.05, 3.63) is 54.5 Å². The lowest BCUT2D eigenvalue weighted by molar-refractivity contribution is 0.348. The highest BCUT2D eigenvalue weighted by Crippen LogP contribution is 2.45. The van der Waals surface area contributed by atoms with E-state index in [1.165, 1.54) is 0 Å². The summed E-state index contributed by atoms with van der Waals surface area (Å²) in [7, 11) is -1.01. The van der Waals surface area contributed by atoms with E-state index in [0.717, 1.165) is 11.1 Å². The first-order chi connectivity index (χ1) is 6.75. The Balaban J connectivity index is 2.22. The van der Waals surface area contributed by atoms with Crippen LogP contribution in [0.4, 0.5) is 0 Å². The molecule has 0 radical (unpaired) electrons. The zero-order valence-electron chi connectivity index (χ0n) is 7.93. The molecule has 0 saturated heterocycles. The molecule has 1 heterocycles. The van der Waals surface area contributed by atoms with Crippen molar-refractivity contribution in [2.24, 2.45) is 0 Å². The molecule has 1 aliphatic heterocycles. The van der Waals surface area contributed by atoms with Crippen LogP contribution in [0.2, 0.25) is 0 Å². The van der Waals surface area contributed by atoms with E-state index in [4.69, 9.17) is 9.05 Å². The molecule has 2 nitrogen and oxygen atoms in total. The van der Waals surface area contributed by atoms with Crippen LogP contribution < -0.4 is 5.30 Å². The van der Waals surface area contributed by atoms with Crippen LogP contribution in [0.3, 0.4) is 0 Å². The van der Waals surface area contributed by atoms with Gasteiger partial charge in [-0.15, -0.1) is 0 Å². The average molecular weight is 206 g/mol. The predicted molar refractivity (Wildman–Crippen MR) is 58.1 cm³/mol. The molecule has 0 bridgehead atoms. The predicted octanol–water partition coefficient (Wildman–Crippen LogP) is 3.09. The summed E-state index contributed by atoms with van der Waals surface area (Å²) in [6.45, 7) is 5.69. The second-order valence-corrected chi connectivity index (χ2v) is 4.39. The van der Waals surface area contributed by atoms with E-state index < -0.39 is 8.38 Å². The fraction of sp³-hybridized carbons (Fsp3) is 0.0909. The fourth-order valence-corrected chi connectivity index (χ4v) is 2.43. The largest absolute Gasteiger partial charge is 0.440 e. The molecule has 1 unspecified atom stereocenters. The van der Waals surface area contributed by atoms with E-state index in [1.807, 2.05) is 37.3 Å². The lowest BCUT2D eigenvalue weighted by atomic mass is 10.4. The average Bonchev–Trinajstić information content (AvgIpc) is 2.18. The minimum atomic E-state index is -1.01. The van der Waals surface area contributed by atoms with Crippen LogP contribution in [-0.2, 0) is 9.05 Å². The van der Waals surface area contributed by atoms with E-state index in [9.17, 15) is 0 Å². The Morgan fingerprint density at radius 2 is 1.86 bits per heavy atom. The molecule has 1 atom stereocenters. The standard InChI is InChI=1S/C11H11O2P/c1-9-8-10(2)13-14(12-9)11-6-4-3-5-7-11/h3-8H,1H2,2H3. The van der Waals surface area contributed by atoms with Crippen LogP contribution in [0.5, 0.6) is 0 Å². The molecule has 0 saturated carbocycles. The van der Waals surface area contributed by atoms with Crippen LogP contribution in [0.1, 0.15) is 6.92 Å². The maximum atomic E-state index is 5.59. The molecule has 0 amide bonds. The van der Waals surface area contributed by atoms with Gasteiger partial charge in [0.15, 0.2) is 0 Å². The quantitative estimate of drug-likeness (QED) is 0.657. The van der Waals surface area contributed by atoms with Crippen LogP contribution >= 0.6 is 8.38 Å². The first-order valence-corrected chi connectivity index (χ1v) is 5.52. The van der Waals surface area contributed by atoms with Gasteiger partial charge in [-0.2, -0.15) is 0 Å². The molecule has 0 fully saturated rings. The molecular weight excluding hydrogens is 195 g/mol. The van der Waals surface area contributed by atoms with Crippen molar-refractivity contribution >= 4 is 13.7 Å². The van der Waals surface area contributed by atoms with Gasteiger partial charge in [0.25, 0.3) is 0 Å². The molecule has 2 rings (SSSR count). The molecule has 1 aliphatic rings. The molecule has 0 spiro atoms. The third-order valence-electron chi connectivity index (χ3n) is 1.76. The summed E-state index contributed by atoms with van der Waals surface area (Å²) in [6.07, 6.45) is 1.79. The maximum absolute atomic E-state index is 5.59. The Bertz CT molecular complexity index is 370. The zero-order chi connectivity index (χ0) is 9.97. The summed E-state index contributed by atoms with van der Waals surface area (Å²) in [5.41, 5.74) is 0. The van der Waals surface area contributed by atoms with Gasteiger partial charge < -0.3 is 9.05 Å². The second-order valence-electron chi connectivity index (χ2n) is 3.00. The highest BCUT2D eigenvalue weighted by molar-refractivity contribution is 7.56. The van der Waals surface area contributed by atoms with Gasteiger partial charge in [-0.25, -0.2) is 0 Å². The Hall–Kier alpha value is -1.27. The van der Waals surface area contributed by atoms with Crippen LogP contribution in [-0.4, -0.2) is 0 Å². The molecule has 14 heavy (non-hydrogen) atoms. The Morgan fingerprint density at radius 3 is 2.50 bits per heavy atom. The van der Waals surface area contributed by atoms with Crippen LogP contribution in [0, 0.1) is 0 Å².